The number of amides is 3. The van der Waals surface area contributed by atoms with Crippen LogP contribution in [0, 0.1) is 5.92 Å². The third-order valence-corrected chi connectivity index (χ3v) is 5.16. The topological polar surface area (TPSA) is 128 Å². The van der Waals surface area contributed by atoms with Gasteiger partial charge in [-0.25, -0.2) is 4.79 Å². The lowest BCUT2D eigenvalue weighted by Crippen LogP contribution is -2.55. The first-order chi connectivity index (χ1) is 12.8. The molecule has 0 aliphatic carbocycles. The summed E-state index contributed by atoms with van der Waals surface area (Å²) in [6.45, 7) is 6.51. The van der Waals surface area contributed by atoms with Gasteiger partial charge >= 0.3 is 5.97 Å². The van der Waals surface area contributed by atoms with Crippen molar-refractivity contribution in [3.8, 4) is 0 Å². The van der Waals surface area contributed by atoms with Crippen molar-refractivity contribution >= 4 is 23.7 Å². The third-order valence-electron chi connectivity index (χ3n) is 5.16. The molecular weight excluding hydrogens is 354 g/mol. The number of ether oxygens (including phenoxy) is 1. The van der Waals surface area contributed by atoms with Gasteiger partial charge in [0.1, 0.15) is 12.1 Å². The summed E-state index contributed by atoms with van der Waals surface area (Å²) in [6, 6.07) is -1.70. The molecule has 0 aromatic heterocycles. The largest absolute Gasteiger partial charge is 0.480 e. The normalized spacial score (nSPS) is 26.2. The minimum Gasteiger partial charge on any atom is -0.480 e. The second kappa shape index (κ2) is 9.16. The second-order valence-corrected chi connectivity index (χ2v) is 7.17. The number of aliphatic carboxylic acids is 1. The summed E-state index contributed by atoms with van der Waals surface area (Å²) in [4.78, 5) is 49.9. The molecule has 2 heterocycles. The smallest absolute Gasteiger partial charge is 0.326 e. The highest BCUT2D eigenvalue weighted by Gasteiger charge is 2.51. The Morgan fingerprint density at radius 2 is 1.85 bits per heavy atom. The molecule has 2 saturated heterocycles. The van der Waals surface area contributed by atoms with E-state index in [0.29, 0.717) is 32.4 Å². The van der Waals surface area contributed by atoms with Crippen molar-refractivity contribution in [3.63, 3.8) is 0 Å². The van der Waals surface area contributed by atoms with Crippen LogP contribution in [-0.4, -0.2) is 71.1 Å². The highest BCUT2D eigenvalue weighted by Crippen LogP contribution is 2.25. The first kappa shape index (κ1) is 21.1. The number of rotatable bonds is 9. The van der Waals surface area contributed by atoms with Crippen molar-refractivity contribution in [1.29, 1.82) is 0 Å². The van der Waals surface area contributed by atoms with Crippen LogP contribution in [0.1, 0.15) is 46.5 Å². The number of carboxylic acid groups (broad SMARTS) is 1. The van der Waals surface area contributed by atoms with E-state index in [2.05, 4.69) is 10.6 Å². The minimum atomic E-state index is -1.03. The van der Waals surface area contributed by atoms with Gasteiger partial charge in [0, 0.05) is 13.1 Å². The lowest BCUT2D eigenvalue weighted by molar-refractivity contribution is -0.150. The highest BCUT2D eigenvalue weighted by molar-refractivity contribution is 5.97. The summed E-state index contributed by atoms with van der Waals surface area (Å²) in [5.41, 5.74) is 0. The van der Waals surface area contributed by atoms with Gasteiger partial charge in [0.2, 0.25) is 5.91 Å². The molecule has 0 unspecified atom stereocenters. The molecule has 152 valence electrons. The molecule has 2 rings (SSSR count). The highest BCUT2D eigenvalue weighted by atomic mass is 16.6. The Morgan fingerprint density at radius 1 is 1.19 bits per heavy atom. The summed E-state index contributed by atoms with van der Waals surface area (Å²) in [5, 5.41) is 14.7. The Balaban J connectivity index is 2.01. The summed E-state index contributed by atoms with van der Waals surface area (Å²) < 4.78 is 5.17. The lowest BCUT2D eigenvalue weighted by atomic mass is 9.97. The van der Waals surface area contributed by atoms with E-state index in [4.69, 9.17) is 4.74 Å². The molecule has 0 aromatic rings. The lowest BCUT2D eigenvalue weighted by Gasteiger charge is -2.30. The molecule has 0 radical (unpaired) electrons. The fourth-order valence-electron chi connectivity index (χ4n) is 3.24. The van der Waals surface area contributed by atoms with Gasteiger partial charge in [-0.1, -0.05) is 27.2 Å². The van der Waals surface area contributed by atoms with Gasteiger partial charge in [0.05, 0.1) is 0 Å². The third kappa shape index (κ3) is 4.97. The fourth-order valence-corrected chi connectivity index (χ4v) is 3.24. The molecule has 5 atom stereocenters. The number of nitrogens with one attached hydrogen (secondary N) is 2. The second-order valence-electron chi connectivity index (χ2n) is 7.17. The van der Waals surface area contributed by atoms with Crippen molar-refractivity contribution < 1.29 is 29.0 Å². The molecular formula is C18H29N3O6. The predicted molar refractivity (Wildman–Crippen MR) is 95.7 cm³/mol. The minimum absolute atomic E-state index is 0.178. The molecule has 9 nitrogen and oxygen atoms in total. The van der Waals surface area contributed by atoms with Crippen molar-refractivity contribution in [2.45, 2.75) is 70.7 Å². The molecule has 27 heavy (non-hydrogen) atoms. The van der Waals surface area contributed by atoms with Gasteiger partial charge in [0.25, 0.3) is 11.8 Å². The van der Waals surface area contributed by atoms with Crippen molar-refractivity contribution in [3.05, 3.63) is 0 Å². The van der Waals surface area contributed by atoms with Crippen LogP contribution < -0.4 is 10.6 Å². The van der Waals surface area contributed by atoms with Crippen LogP contribution in [0.5, 0.6) is 0 Å². The Labute approximate surface area is 158 Å². The van der Waals surface area contributed by atoms with E-state index < -0.39 is 42.1 Å². The van der Waals surface area contributed by atoms with E-state index in [0.717, 1.165) is 6.42 Å². The number of hydrogen-bond donors (Lipinski definition) is 3. The van der Waals surface area contributed by atoms with Crippen LogP contribution in [0.15, 0.2) is 0 Å². The zero-order valence-corrected chi connectivity index (χ0v) is 16.1. The van der Waals surface area contributed by atoms with Crippen LogP contribution in [0.4, 0.5) is 0 Å². The molecule has 2 aliphatic heterocycles. The number of nitrogens with zero attached hydrogens (tertiary/aromatic N) is 1. The molecule has 9 heteroatoms. The maximum Gasteiger partial charge on any atom is 0.326 e. The van der Waals surface area contributed by atoms with Crippen LogP contribution in [0.25, 0.3) is 0 Å². The van der Waals surface area contributed by atoms with Crippen LogP contribution in [0.2, 0.25) is 0 Å². The quantitative estimate of drug-likeness (QED) is 0.477. The van der Waals surface area contributed by atoms with Gasteiger partial charge in [-0.3, -0.25) is 14.4 Å². The Kier molecular flexibility index (Phi) is 7.18. The van der Waals surface area contributed by atoms with Gasteiger partial charge in [-0.15, -0.1) is 0 Å². The predicted octanol–water partition coefficient (Wildman–Crippen LogP) is -0.113. The average molecular weight is 383 g/mol. The number of carboxylic acids is 1. The number of carbonyl (C=O) groups excluding carboxylic acids is 3. The fraction of sp³-hybridized carbons (Fsp3) is 0.778. The van der Waals surface area contributed by atoms with E-state index in [1.165, 1.54) is 4.90 Å². The Hall–Kier alpha value is -2.16. The standard InChI is InChI=1S/C18H29N3O6/c1-4-8-19-15(22)13-14(27-13)16(23)20-12(10(3)5-2)17(24)21-9-6-7-11(21)18(25)26/h10-14H,4-9H2,1-3H3,(H,19,22)(H,20,23)(H,25,26)/t10-,11+,12+,13+,14+/m1/s1. The summed E-state index contributed by atoms with van der Waals surface area (Å²) in [7, 11) is 0. The van der Waals surface area contributed by atoms with E-state index in [9.17, 15) is 24.3 Å². The first-order valence-electron chi connectivity index (χ1n) is 9.58. The van der Waals surface area contributed by atoms with Crippen LogP contribution in [0.3, 0.4) is 0 Å². The maximum absolute atomic E-state index is 12.9. The van der Waals surface area contributed by atoms with Gasteiger partial charge in [-0.2, -0.15) is 0 Å². The number of likely N-dealkylation sites (tertiary alicyclic amines) is 1. The van der Waals surface area contributed by atoms with E-state index in [1.54, 1.807) is 0 Å². The van der Waals surface area contributed by atoms with Crippen LogP contribution in [-0.2, 0) is 23.9 Å². The van der Waals surface area contributed by atoms with Crippen LogP contribution >= 0.6 is 0 Å². The molecule has 0 bridgehead atoms. The molecule has 0 aromatic carbocycles. The van der Waals surface area contributed by atoms with Gasteiger partial charge in [-0.05, 0) is 25.2 Å². The first-order valence-corrected chi connectivity index (χ1v) is 9.58. The van der Waals surface area contributed by atoms with Crippen molar-refractivity contribution in [2.75, 3.05) is 13.1 Å². The van der Waals surface area contributed by atoms with E-state index in [1.807, 2.05) is 20.8 Å². The summed E-state index contributed by atoms with van der Waals surface area (Å²) in [6.07, 6.45) is 0.704. The molecule has 2 fully saturated rings. The van der Waals surface area contributed by atoms with Crippen molar-refractivity contribution in [1.82, 2.24) is 15.5 Å². The molecule has 0 saturated carbocycles. The van der Waals surface area contributed by atoms with Gasteiger partial charge < -0.3 is 25.4 Å². The molecule has 3 N–H and O–H groups in total. The summed E-state index contributed by atoms with van der Waals surface area (Å²) >= 11 is 0. The number of hydrogen-bond acceptors (Lipinski definition) is 5. The number of epoxide rings is 1. The van der Waals surface area contributed by atoms with Gasteiger partial charge in [0.15, 0.2) is 12.2 Å². The Morgan fingerprint density at radius 3 is 2.44 bits per heavy atom. The molecule has 0 spiro atoms. The summed E-state index contributed by atoms with van der Waals surface area (Å²) in [5.74, 6) is -2.46. The Bertz CT molecular complexity index is 596. The maximum atomic E-state index is 12.9. The monoisotopic (exact) mass is 383 g/mol. The SMILES string of the molecule is CCCNC(=O)[C@H]1O[C@@H]1C(=O)N[C@H](C(=O)N1CCC[C@H]1C(=O)O)[C@H](C)CC. The zero-order chi connectivity index (χ0) is 20.1. The van der Waals surface area contributed by atoms with Crippen molar-refractivity contribution in [2.24, 2.45) is 5.92 Å². The van der Waals surface area contributed by atoms with E-state index >= 15 is 0 Å². The zero-order valence-electron chi connectivity index (χ0n) is 16.1. The number of carbonyl (C=O) groups is 4. The average Bonchev–Trinajstić information content (AvgIpc) is 3.30. The molecule has 2 aliphatic rings. The van der Waals surface area contributed by atoms with E-state index in [-0.39, 0.29) is 11.8 Å². The molecule has 3 amide bonds.